The molecule has 94 valence electrons. The molecule has 2 rings (SSSR count). The van der Waals surface area contributed by atoms with Crippen LogP contribution in [0.5, 0.6) is 0 Å². The van der Waals surface area contributed by atoms with Crippen LogP contribution in [0.25, 0.3) is 0 Å². The number of hydrogen-bond donors (Lipinski definition) is 1. The minimum Gasteiger partial charge on any atom is -0.370 e. The van der Waals surface area contributed by atoms with Crippen LogP contribution in [0.4, 0.5) is 5.69 Å². The second kappa shape index (κ2) is 6.65. The highest BCUT2D eigenvalue weighted by Crippen LogP contribution is 2.17. The first kappa shape index (κ1) is 12.4. The smallest absolute Gasteiger partial charge is 0.0366 e. The highest BCUT2D eigenvalue weighted by molar-refractivity contribution is 5.46. The summed E-state index contributed by atoms with van der Waals surface area (Å²) in [6, 6.07) is 11.5. The summed E-state index contributed by atoms with van der Waals surface area (Å²) >= 11 is 0. The quantitative estimate of drug-likeness (QED) is 0.811. The number of benzene rings is 1. The lowest BCUT2D eigenvalue weighted by molar-refractivity contribution is 0.572. The van der Waals surface area contributed by atoms with Crippen LogP contribution in [-0.2, 0) is 0 Å². The summed E-state index contributed by atoms with van der Waals surface area (Å²) in [5.74, 6) is 0. The van der Waals surface area contributed by atoms with Gasteiger partial charge in [-0.2, -0.15) is 0 Å². The summed E-state index contributed by atoms with van der Waals surface area (Å²) in [4.78, 5) is 2.53. The third-order valence-electron chi connectivity index (χ3n) is 3.51. The molecule has 1 aliphatic heterocycles. The van der Waals surface area contributed by atoms with Crippen LogP contribution in [0.1, 0.15) is 32.6 Å². The molecule has 0 aromatic heterocycles. The Bertz CT molecular complexity index is 304. The van der Waals surface area contributed by atoms with Crippen molar-refractivity contribution in [3.05, 3.63) is 30.3 Å². The van der Waals surface area contributed by atoms with Gasteiger partial charge >= 0.3 is 0 Å². The average Bonchev–Trinajstić information content (AvgIpc) is 2.88. The number of nitrogens with one attached hydrogen (secondary N) is 1. The van der Waals surface area contributed by atoms with E-state index in [1.54, 1.807) is 0 Å². The van der Waals surface area contributed by atoms with E-state index in [9.17, 15) is 0 Å². The van der Waals surface area contributed by atoms with Crippen molar-refractivity contribution in [2.75, 3.05) is 24.5 Å². The molecule has 1 saturated heterocycles. The Morgan fingerprint density at radius 2 is 2.12 bits per heavy atom. The maximum Gasteiger partial charge on any atom is 0.0366 e. The molecule has 0 amide bonds. The fourth-order valence-electron chi connectivity index (χ4n) is 2.49. The summed E-state index contributed by atoms with van der Waals surface area (Å²) in [5.41, 5.74) is 1.37. The molecule has 2 heteroatoms. The van der Waals surface area contributed by atoms with Crippen molar-refractivity contribution in [1.29, 1.82) is 0 Å². The van der Waals surface area contributed by atoms with Crippen molar-refractivity contribution in [1.82, 2.24) is 5.32 Å². The minimum absolute atomic E-state index is 0.687. The van der Waals surface area contributed by atoms with Gasteiger partial charge in [0.25, 0.3) is 0 Å². The Kier molecular flexibility index (Phi) is 4.87. The van der Waals surface area contributed by atoms with E-state index < -0.39 is 0 Å². The monoisotopic (exact) mass is 232 g/mol. The molecular weight excluding hydrogens is 208 g/mol. The summed E-state index contributed by atoms with van der Waals surface area (Å²) in [6.07, 6.45) is 5.21. The van der Waals surface area contributed by atoms with Crippen LogP contribution >= 0.6 is 0 Å². The molecule has 0 unspecified atom stereocenters. The lowest BCUT2D eigenvalue weighted by atomic mass is 10.2. The molecular formula is C15H24N2. The van der Waals surface area contributed by atoms with E-state index in [2.05, 4.69) is 47.5 Å². The average molecular weight is 232 g/mol. The first-order valence-corrected chi connectivity index (χ1v) is 6.93. The number of hydrogen-bond acceptors (Lipinski definition) is 2. The van der Waals surface area contributed by atoms with Gasteiger partial charge in [0.05, 0.1) is 0 Å². The number of unbranched alkanes of at least 4 members (excludes halogenated alkanes) is 1. The van der Waals surface area contributed by atoms with Crippen LogP contribution in [-0.4, -0.2) is 25.7 Å². The predicted octanol–water partition coefficient (Wildman–Crippen LogP) is 3.05. The van der Waals surface area contributed by atoms with E-state index in [1.165, 1.54) is 44.5 Å². The summed E-state index contributed by atoms with van der Waals surface area (Å²) in [6.45, 7) is 5.79. The Balaban J connectivity index is 1.97. The highest BCUT2D eigenvalue weighted by Gasteiger charge is 2.17. The number of para-hydroxylation sites is 1. The van der Waals surface area contributed by atoms with E-state index in [0.29, 0.717) is 6.04 Å². The topological polar surface area (TPSA) is 15.3 Å². The van der Waals surface area contributed by atoms with Crippen LogP contribution in [0, 0.1) is 0 Å². The molecule has 0 bridgehead atoms. The third-order valence-corrected chi connectivity index (χ3v) is 3.51. The van der Waals surface area contributed by atoms with Crippen LogP contribution in [0.15, 0.2) is 30.3 Å². The van der Waals surface area contributed by atoms with Crippen molar-refractivity contribution >= 4 is 5.69 Å². The van der Waals surface area contributed by atoms with Crippen molar-refractivity contribution in [3.63, 3.8) is 0 Å². The highest BCUT2D eigenvalue weighted by atomic mass is 15.2. The standard InChI is InChI=1S/C15H24N2/c1-2-3-12-17(13-14-8-7-11-16-14)15-9-5-4-6-10-15/h4-6,9-10,14,16H,2-3,7-8,11-13H2,1H3/t14-/m1/s1. The number of nitrogens with zero attached hydrogens (tertiary/aromatic N) is 1. The second-order valence-electron chi connectivity index (χ2n) is 4.93. The third kappa shape index (κ3) is 3.74. The normalized spacial score (nSPS) is 19.5. The molecule has 1 atom stereocenters. The molecule has 0 spiro atoms. The van der Waals surface area contributed by atoms with Crippen LogP contribution < -0.4 is 10.2 Å². The van der Waals surface area contributed by atoms with Crippen molar-refractivity contribution < 1.29 is 0 Å². The van der Waals surface area contributed by atoms with E-state index in [-0.39, 0.29) is 0 Å². The summed E-state index contributed by atoms with van der Waals surface area (Å²) in [5, 5.41) is 3.59. The van der Waals surface area contributed by atoms with Gasteiger partial charge < -0.3 is 10.2 Å². The minimum atomic E-state index is 0.687. The first-order valence-electron chi connectivity index (χ1n) is 6.93. The molecule has 1 fully saturated rings. The van der Waals surface area contributed by atoms with Gasteiger partial charge in [0, 0.05) is 24.8 Å². The molecule has 17 heavy (non-hydrogen) atoms. The van der Waals surface area contributed by atoms with E-state index in [4.69, 9.17) is 0 Å². The lowest BCUT2D eigenvalue weighted by Gasteiger charge is -2.27. The van der Waals surface area contributed by atoms with Gasteiger partial charge in [-0.05, 0) is 37.9 Å². The summed E-state index contributed by atoms with van der Waals surface area (Å²) in [7, 11) is 0. The van der Waals surface area contributed by atoms with Crippen molar-refractivity contribution in [2.24, 2.45) is 0 Å². The zero-order chi connectivity index (χ0) is 11.9. The maximum atomic E-state index is 3.59. The largest absolute Gasteiger partial charge is 0.370 e. The molecule has 1 aromatic carbocycles. The summed E-state index contributed by atoms with van der Waals surface area (Å²) < 4.78 is 0. The van der Waals surface area contributed by atoms with Gasteiger partial charge in [-0.15, -0.1) is 0 Å². The predicted molar refractivity (Wildman–Crippen MR) is 74.6 cm³/mol. The van der Waals surface area contributed by atoms with Crippen molar-refractivity contribution in [2.45, 2.75) is 38.6 Å². The Labute approximate surface area is 105 Å². The fraction of sp³-hybridized carbons (Fsp3) is 0.600. The molecule has 1 heterocycles. The molecule has 2 nitrogen and oxygen atoms in total. The number of rotatable bonds is 6. The Hall–Kier alpha value is -1.02. The van der Waals surface area contributed by atoms with E-state index >= 15 is 0 Å². The van der Waals surface area contributed by atoms with Crippen LogP contribution in [0.3, 0.4) is 0 Å². The zero-order valence-corrected chi connectivity index (χ0v) is 10.9. The van der Waals surface area contributed by atoms with Gasteiger partial charge in [0.1, 0.15) is 0 Å². The Morgan fingerprint density at radius 1 is 1.29 bits per heavy atom. The first-order chi connectivity index (χ1) is 8.40. The SMILES string of the molecule is CCCCN(C[C@H]1CCCN1)c1ccccc1. The molecule has 1 aliphatic rings. The lowest BCUT2D eigenvalue weighted by Crippen LogP contribution is -2.38. The van der Waals surface area contributed by atoms with Gasteiger partial charge in [0.15, 0.2) is 0 Å². The zero-order valence-electron chi connectivity index (χ0n) is 10.9. The molecule has 0 aliphatic carbocycles. The van der Waals surface area contributed by atoms with E-state index in [0.717, 1.165) is 6.54 Å². The molecule has 1 N–H and O–H groups in total. The second-order valence-corrected chi connectivity index (χ2v) is 4.93. The van der Waals surface area contributed by atoms with Gasteiger partial charge in [0.2, 0.25) is 0 Å². The van der Waals surface area contributed by atoms with Gasteiger partial charge in [-0.1, -0.05) is 31.5 Å². The molecule has 0 radical (unpaired) electrons. The number of anilines is 1. The molecule has 0 saturated carbocycles. The van der Waals surface area contributed by atoms with E-state index in [1.807, 2.05) is 0 Å². The van der Waals surface area contributed by atoms with Gasteiger partial charge in [-0.3, -0.25) is 0 Å². The van der Waals surface area contributed by atoms with Crippen LogP contribution in [0.2, 0.25) is 0 Å². The Morgan fingerprint density at radius 3 is 2.76 bits per heavy atom. The van der Waals surface area contributed by atoms with Gasteiger partial charge in [-0.25, -0.2) is 0 Å². The fourth-order valence-corrected chi connectivity index (χ4v) is 2.49. The van der Waals surface area contributed by atoms with Crippen molar-refractivity contribution in [3.8, 4) is 0 Å². The maximum absolute atomic E-state index is 3.59. The molecule has 1 aromatic rings.